The topological polar surface area (TPSA) is 97.6 Å². The van der Waals surface area contributed by atoms with Gasteiger partial charge in [0.25, 0.3) is 11.8 Å². The highest BCUT2D eigenvalue weighted by Crippen LogP contribution is 2.23. The molecular weight excluding hydrogens is 408 g/mol. The van der Waals surface area contributed by atoms with Gasteiger partial charge in [-0.15, -0.1) is 0 Å². The number of carbonyl (C=O) groups is 2. The van der Waals surface area contributed by atoms with Crippen molar-refractivity contribution < 1.29 is 18.7 Å². The van der Waals surface area contributed by atoms with E-state index in [1.54, 1.807) is 60.7 Å². The molecule has 3 aromatic carbocycles. The van der Waals surface area contributed by atoms with Crippen molar-refractivity contribution in [3.63, 3.8) is 0 Å². The van der Waals surface area contributed by atoms with Crippen LogP contribution >= 0.6 is 0 Å². The van der Waals surface area contributed by atoms with Crippen molar-refractivity contribution in [2.24, 2.45) is 0 Å². The summed E-state index contributed by atoms with van der Waals surface area (Å²) < 4.78 is 11.0. The number of amides is 2. The van der Waals surface area contributed by atoms with E-state index >= 15 is 0 Å². The van der Waals surface area contributed by atoms with Gasteiger partial charge in [0, 0.05) is 28.6 Å². The molecular formula is C25H20N2O5. The Morgan fingerprint density at radius 3 is 2.19 bits per heavy atom. The van der Waals surface area contributed by atoms with Crippen LogP contribution in [-0.4, -0.2) is 11.8 Å². The number of hydrogen-bond acceptors (Lipinski definition) is 5. The van der Waals surface area contributed by atoms with Gasteiger partial charge in [-0.25, -0.2) is 4.79 Å². The fraction of sp³-hybridized carbons (Fsp3) is 0.0800. The lowest BCUT2D eigenvalue weighted by Gasteiger charge is -2.09. The smallest absolute Gasteiger partial charge is 0.336 e. The van der Waals surface area contributed by atoms with E-state index in [4.69, 9.17) is 9.15 Å². The summed E-state index contributed by atoms with van der Waals surface area (Å²) in [7, 11) is 0. The van der Waals surface area contributed by atoms with Crippen LogP contribution in [-0.2, 0) is 6.61 Å². The highest BCUT2D eigenvalue weighted by molar-refractivity contribution is 5.99. The number of benzene rings is 3. The van der Waals surface area contributed by atoms with Gasteiger partial charge in [0.1, 0.15) is 17.9 Å². The minimum absolute atomic E-state index is 0.272. The summed E-state index contributed by atoms with van der Waals surface area (Å²) in [6.45, 7) is 2.12. The summed E-state index contributed by atoms with van der Waals surface area (Å²) >= 11 is 0. The monoisotopic (exact) mass is 428 g/mol. The number of ether oxygens (including phenoxy) is 1. The molecule has 4 aromatic rings. The molecule has 0 aliphatic heterocycles. The van der Waals surface area contributed by atoms with Gasteiger partial charge in [0.15, 0.2) is 0 Å². The Hall–Kier alpha value is -4.39. The van der Waals surface area contributed by atoms with Crippen molar-refractivity contribution in [2.75, 3.05) is 0 Å². The molecule has 7 nitrogen and oxygen atoms in total. The highest BCUT2D eigenvalue weighted by atomic mass is 16.5. The summed E-state index contributed by atoms with van der Waals surface area (Å²) in [5, 5.41) is 0.853. The molecule has 2 amide bonds. The van der Waals surface area contributed by atoms with Crippen molar-refractivity contribution in [1.82, 2.24) is 10.9 Å². The first-order chi connectivity index (χ1) is 15.5. The molecule has 7 heteroatoms. The highest BCUT2D eigenvalue weighted by Gasteiger charge is 2.09. The maximum atomic E-state index is 12.3. The third-order valence-corrected chi connectivity index (χ3v) is 4.87. The molecule has 0 unspecified atom stereocenters. The Bertz CT molecular complexity index is 1330. The van der Waals surface area contributed by atoms with Crippen molar-refractivity contribution in [3.05, 3.63) is 112 Å². The minimum atomic E-state index is -0.429. The van der Waals surface area contributed by atoms with Gasteiger partial charge in [-0.05, 0) is 54.4 Å². The van der Waals surface area contributed by atoms with Crippen molar-refractivity contribution in [2.45, 2.75) is 13.5 Å². The van der Waals surface area contributed by atoms with Gasteiger partial charge >= 0.3 is 5.63 Å². The van der Waals surface area contributed by atoms with Crippen LogP contribution in [0.1, 0.15) is 31.8 Å². The average molecular weight is 428 g/mol. The number of carbonyl (C=O) groups excluding carboxylic acids is 2. The molecule has 1 heterocycles. The Labute approximate surface area is 183 Å². The third kappa shape index (κ3) is 4.84. The lowest BCUT2D eigenvalue weighted by Crippen LogP contribution is -2.41. The third-order valence-electron chi connectivity index (χ3n) is 4.87. The first-order valence-corrected chi connectivity index (χ1v) is 9.91. The molecule has 1 aromatic heterocycles. The van der Waals surface area contributed by atoms with E-state index in [0.717, 1.165) is 16.5 Å². The predicted octanol–water partition coefficient (Wildman–Crippen LogP) is 3.76. The molecule has 0 saturated heterocycles. The Kier molecular flexibility index (Phi) is 5.98. The summed E-state index contributed by atoms with van der Waals surface area (Å²) in [5.74, 6) is -0.260. The minimum Gasteiger partial charge on any atom is -0.489 e. The largest absolute Gasteiger partial charge is 0.489 e. The molecule has 0 radical (unpaired) electrons. The van der Waals surface area contributed by atoms with Crippen molar-refractivity contribution in [1.29, 1.82) is 0 Å². The standard InChI is InChI=1S/C25H20N2O5/c1-16-13-23(28)32-22-14-20(11-12-21(16)22)31-15-17-7-9-19(10-8-17)25(30)27-26-24(29)18-5-3-2-4-6-18/h2-14H,15H2,1H3,(H,26,29)(H,27,30). The zero-order chi connectivity index (χ0) is 22.5. The molecule has 32 heavy (non-hydrogen) atoms. The first kappa shape index (κ1) is 20.9. The zero-order valence-corrected chi connectivity index (χ0v) is 17.3. The molecule has 0 aliphatic rings. The van der Waals surface area contributed by atoms with Crippen LogP contribution in [0.3, 0.4) is 0 Å². The van der Waals surface area contributed by atoms with Crippen LogP contribution in [0.5, 0.6) is 5.75 Å². The number of nitrogens with one attached hydrogen (secondary N) is 2. The summed E-state index contributed by atoms with van der Waals surface area (Å²) in [6.07, 6.45) is 0. The van der Waals surface area contributed by atoms with E-state index in [1.165, 1.54) is 6.07 Å². The number of rotatable bonds is 5. The molecule has 0 saturated carbocycles. The van der Waals surface area contributed by atoms with Crippen LogP contribution in [0.4, 0.5) is 0 Å². The summed E-state index contributed by atoms with van der Waals surface area (Å²) in [6, 6.07) is 22.2. The Morgan fingerprint density at radius 1 is 0.844 bits per heavy atom. The molecule has 0 aliphatic carbocycles. The fourth-order valence-corrected chi connectivity index (χ4v) is 3.16. The fourth-order valence-electron chi connectivity index (χ4n) is 3.16. The number of fused-ring (bicyclic) bond motifs is 1. The van der Waals surface area contributed by atoms with Gasteiger partial charge in [0.05, 0.1) is 0 Å². The van der Waals surface area contributed by atoms with E-state index in [2.05, 4.69) is 10.9 Å². The van der Waals surface area contributed by atoms with Crippen LogP contribution < -0.4 is 21.2 Å². The SMILES string of the molecule is Cc1cc(=O)oc2cc(OCc3ccc(C(=O)NNC(=O)c4ccccc4)cc3)ccc12. The van der Waals surface area contributed by atoms with E-state index < -0.39 is 17.4 Å². The van der Waals surface area contributed by atoms with Crippen LogP contribution in [0.25, 0.3) is 11.0 Å². The van der Waals surface area contributed by atoms with Gasteiger partial charge in [-0.2, -0.15) is 0 Å². The number of hydrazine groups is 1. The van der Waals surface area contributed by atoms with Crippen LogP contribution in [0.2, 0.25) is 0 Å². The van der Waals surface area contributed by atoms with Gasteiger partial charge in [-0.1, -0.05) is 30.3 Å². The quantitative estimate of drug-likeness (QED) is 0.373. The summed E-state index contributed by atoms with van der Waals surface area (Å²) in [5.41, 5.74) is 7.38. The first-order valence-electron chi connectivity index (χ1n) is 9.91. The lowest BCUT2D eigenvalue weighted by atomic mass is 10.1. The number of aryl methyl sites for hydroxylation is 1. The normalized spacial score (nSPS) is 10.5. The van der Waals surface area contributed by atoms with E-state index in [-0.39, 0.29) is 6.61 Å². The van der Waals surface area contributed by atoms with Gasteiger partial charge in [0.2, 0.25) is 0 Å². The molecule has 0 atom stereocenters. The van der Waals surface area contributed by atoms with E-state index in [1.807, 2.05) is 19.1 Å². The lowest BCUT2D eigenvalue weighted by molar-refractivity contribution is 0.0846. The molecule has 4 rings (SSSR count). The molecule has 0 fully saturated rings. The van der Waals surface area contributed by atoms with Crippen LogP contribution in [0.15, 0.2) is 88.1 Å². The second kappa shape index (κ2) is 9.18. The average Bonchev–Trinajstić information content (AvgIpc) is 2.81. The number of hydrogen-bond donors (Lipinski definition) is 2. The van der Waals surface area contributed by atoms with Gasteiger partial charge < -0.3 is 9.15 Å². The second-order valence-electron chi connectivity index (χ2n) is 7.17. The maximum Gasteiger partial charge on any atom is 0.336 e. The van der Waals surface area contributed by atoms with E-state index in [0.29, 0.717) is 22.5 Å². The summed E-state index contributed by atoms with van der Waals surface area (Å²) in [4.78, 5) is 35.8. The second-order valence-corrected chi connectivity index (χ2v) is 7.17. The van der Waals surface area contributed by atoms with Crippen molar-refractivity contribution >= 4 is 22.8 Å². The van der Waals surface area contributed by atoms with Gasteiger partial charge in [-0.3, -0.25) is 20.4 Å². The van der Waals surface area contributed by atoms with Crippen molar-refractivity contribution in [3.8, 4) is 5.75 Å². The maximum absolute atomic E-state index is 12.3. The van der Waals surface area contributed by atoms with Crippen LogP contribution in [0, 0.1) is 6.92 Å². The molecule has 0 bridgehead atoms. The zero-order valence-electron chi connectivity index (χ0n) is 17.3. The molecule has 2 N–H and O–H groups in total. The van der Waals surface area contributed by atoms with E-state index in [9.17, 15) is 14.4 Å². The Balaban J connectivity index is 1.34. The predicted molar refractivity (Wildman–Crippen MR) is 119 cm³/mol. The molecule has 160 valence electrons. The molecule has 0 spiro atoms. The Morgan fingerprint density at radius 2 is 1.50 bits per heavy atom.